The molecule has 0 radical (unpaired) electrons. The predicted octanol–water partition coefficient (Wildman–Crippen LogP) is 5.49. The highest BCUT2D eigenvalue weighted by Gasteiger charge is 2.24. The van der Waals surface area contributed by atoms with Crippen molar-refractivity contribution in [3.63, 3.8) is 0 Å². The fourth-order valence-corrected chi connectivity index (χ4v) is 5.80. The number of hydrogen-bond donors (Lipinski definition) is 1. The van der Waals surface area contributed by atoms with Crippen LogP contribution < -0.4 is 9.80 Å². The van der Waals surface area contributed by atoms with Crippen LogP contribution in [0.5, 0.6) is 0 Å². The summed E-state index contributed by atoms with van der Waals surface area (Å²) in [5.41, 5.74) is 5.72. The number of halogens is 2. The van der Waals surface area contributed by atoms with Gasteiger partial charge >= 0.3 is 0 Å². The van der Waals surface area contributed by atoms with Crippen LogP contribution in [-0.2, 0) is 0 Å². The zero-order chi connectivity index (χ0) is 28.3. The van der Waals surface area contributed by atoms with Crippen molar-refractivity contribution >= 4 is 46.7 Å². The van der Waals surface area contributed by atoms with Crippen molar-refractivity contribution in [3.8, 4) is 17.1 Å². The second-order valence-electron chi connectivity index (χ2n) is 10.5. The summed E-state index contributed by atoms with van der Waals surface area (Å²) in [7, 11) is 1.95. The number of likely N-dealkylation sites (N-methyl/N-ethyl adjacent to an activating group) is 1. The Balaban J connectivity index is 0.00000353. The molecule has 1 atom stereocenters. The van der Waals surface area contributed by atoms with Crippen molar-refractivity contribution in [2.24, 2.45) is 0 Å². The molecule has 3 heterocycles. The molecule has 6 rings (SSSR count). The maximum absolute atomic E-state index is 11.1. The molecule has 1 fully saturated rings. The number of hydrogen-bond acceptors (Lipinski definition) is 7. The minimum atomic E-state index is -0.547. The van der Waals surface area contributed by atoms with Crippen LogP contribution in [0.3, 0.4) is 0 Å². The maximum Gasteiger partial charge on any atom is 0.170 e. The van der Waals surface area contributed by atoms with E-state index in [0.29, 0.717) is 24.4 Å². The average Bonchev–Trinajstić information content (AvgIpc) is 3.40. The number of aliphatic hydroxyl groups is 1. The summed E-state index contributed by atoms with van der Waals surface area (Å²) in [6.07, 6.45) is 1.03. The molecule has 0 bridgehead atoms. The first kappa shape index (κ1) is 29.8. The van der Waals surface area contributed by atoms with Gasteiger partial charge in [-0.05, 0) is 36.8 Å². The first-order chi connectivity index (χ1) is 20.0. The van der Waals surface area contributed by atoms with Crippen LogP contribution in [0.4, 0.5) is 11.5 Å². The third-order valence-corrected chi connectivity index (χ3v) is 8.15. The lowest BCUT2D eigenvalue weighted by Gasteiger charge is -2.38. The van der Waals surface area contributed by atoms with E-state index in [1.54, 1.807) is 6.33 Å². The molecule has 1 aliphatic heterocycles. The van der Waals surface area contributed by atoms with Gasteiger partial charge < -0.3 is 14.9 Å². The van der Waals surface area contributed by atoms with Gasteiger partial charge in [0.1, 0.15) is 12.2 Å². The number of anilines is 2. The molecule has 8 nitrogen and oxygen atoms in total. The quantitative estimate of drug-likeness (QED) is 0.251. The number of aromatic nitrogens is 4. The lowest BCUT2D eigenvalue weighted by molar-refractivity contribution is 0.114. The number of piperazine rings is 1. The van der Waals surface area contributed by atoms with Gasteiger partial charge in [0, 0.05) is 68.3 Å². The molecule has 0 saturated carbocycles. The maximum atomic E-state index is 11.1. The SMILES string of the molecule is Cc1c(Cl)cccc1N1CCN(CC(O)CN(C)c2ncnc3c2nc(-c2ccccc2)n3-c2ccccc2)CC1.Cl. The van der Waals surface area contributed by atoms with Gasteiger partial charge in [-0.3, -0.25) is 9.47 Å². The Morgan fingerprint density at radius 1 is 0.905 bits per heavy atom. The Labute approximate surface area is 257 Å². The largest absolute Gasteiger partial charge is 0.390 e. The molecule has 0 amide bonds. The number of nitrogens with zero attached hydrogens (tertiary/aromatic N) is 7. The highest BCUT2D eigenvalue weighted by atomic mass is 35.5. The smallest absolute Gasteiger partial charge is 0.170 e. The Morgan fingerprint density at radius 2 is 1.60 bits per heavy atom. The Bertz CT molecular complexity index is 1620. The molecule has 2 aromatic heterocycles. The van der Waals surface area contributed by atoms with Crippen LogP contribution in [0, 0.1) is 6.92 Å². The summed E-state index contributed by atoms with van der Waals surface area (Å²) in [4.78, 5) is 21.0. The van der Waals surface area contributed by atoms with Crippen molar-refractivity contribution in [2.45, 2.75) is 13.0 Å². The van der Waals surface area contributed by atoms with Gasteiger partial charge in [0.25, 0.3) is 0 Å². The number of imidazole rings is 1. The van der Waals surface area contributed by atoms with Crippen LogP contribution in [-0.4, -0.2) is 81.9 Å². The molecule has 3 aromatic carbocycles. The monoisotopic (exact) mass is 603 g/mol. The summed E-state index contributed by atoms with van der Waals surface area (Å²) >= 11 is 6.35. The van der Waals surface area contributed by atoms with E-state index in [0.717, 1.165) is 59.5 Å². The van der Waals surface area contributed by atoms with Crippen LogP contribution in [0.1, 0.15) is 5.56 Å². The average molecular weight is 605 g/mol. The van der Waals surface area contributed by atoms with Crippen LogP contribution in [0.15, 0.2) is 85.2 Å². The first-order valence-corrected chi connectivity index (χ1v) is 14.3. The molecule has 5 aromatic rings. The van der Waals surface area contributed by atoms with Gasteiger partial charge in [0.15, 0.2) is 17.0 Å². The van der Waals surface area contributed by atoms with Crippen molar-refractivity contribution < 1.29 is 5.11 Å². The van der Waals surface area contributed by atoms with Crippen LogP contribution >= 0.6 is 24.0 Å². The van der Waals surface area contributed by atoms with Gasteiger partial charge in [0.2, 0.25) is 0 Å². The topological polar surface area (TPSA) is 73.6 Å². The molecular weight excluding hydrogens is 569 g/mol. The predicted molar refractivity (Wildman–Crippen MR) is 173 cm³/mol. The Hall–Kier alpha value is -3.69. The molecule has 1 N–H and O–H groups in total. The van der Waals surface area contributed by atoms with E-state index < -0.39 is 6.10 Å². The Kier molecular flexibility index (Phi) is 9.28. The molecule has 0 spiro atoms. The lowest BCUT2D eigenvalue weighted by atomic mass is 10.1. The van der Waals surface area contributed by atoms with Gasteiger partial charge in [-0.1, -0.05) is 66.2 Å². The first-order valence-electron chi connectivity index (χ1n) is 14.0. The van der Waals surface area contributed by atoms with E-state index in [1.807, 2.05) is 60.5 Å². The summed E-state index contributed by atoms with van der Waals surface area (Å²) in [5.74, 6) is 1.50. The molecular formula is C32H35Cl2N7O. The minimum Gasteiger partial charge on any atom is -0.390 e. The van der Waals surface area contributed by atoms with Gasteiger partial charge in [-0.15, -0.1) is 12.4 Å². The molecule has 42 heavy (non-hydrogen) atoms. The number of benzene rings is 3. The third-order valence-electron chi connectivity index (χ3n) is 7.74. The number of para-hydroxylation sites is 1. The normalized spacial score (nSPS) is 14.5. The highest BCUT2D eigenvalue weighted by molar-refractivity contribution is 6.31. The standard InChI is InChI=1S/C32H34ClN7O.ClH/c1-23-27(33)14-9-15-28(23)39-18-16-38(17-19-39)21-26(41)20-37(2)31-29-32(35-22-34-31)40(25-12-7-4-8-13-25)30(36-29)24-10-5-3-6-11-24;/h3-15,22,26,41H,16-21H2,1-2H3;1H. The summed E-state index contributed by atoms with van der Waals surface area (Å²) in [5, 5.41) is 11.9. The fraction of sp³-hybridized carbons (Fsp3) is 0.281. The highest BCUT2D eigenvalue weighted by Crippen LogP contribution is 2.31. The second kappa shape index (κ2) is 13.1. The van der Waals surface area contributed by atoms with Crippen molar-refractivity contribution in [1.82, 2.24) is 24.4 Å². The lowest BCUT2D eigenvalue weighted by Crippen LogP contribution is -2.50. The van der Waals surface area contributed by atoms with Crippen molar-refractivity contribution in [3.05, 3.63) is 95.8 Å². The molecule has 10 heteroatoms. The molecule has 1 aliphatic rings. The van der Waals surface area contributed by atoms with E-state index in [-0.39, 0.29) is 12.4 Å². The van der Waals surface area contributed by atoms with E-state index in [4.69, 9.17) is 16.6 Å². The van der Waals surface area contributed by atoms with Gasteiger partial charge in [-0.2, -0.15) is 0 Å². The number of fused-ring (bicyclic) bond motifs is 1. The van der Waals surface area contributed by atoms with Gasteiger partial charge in [-0.25, -0.2) is 15.0 Å². The van der Waals surface area contributed by atoms with Crippen molar-refractivity contribution in [2.75, 3.05) is 56.1 Å². The molecule has 218 valence electrons. The zero-order valence-corrected chi connectivity index (χ0v) is 25.3. The van der Waals surface area contributed by atoms with Crippen molar-refractivity contribution in [1.29, 1.82) is 0 Å². The van der Waals surface area contributed by atoms with E-state index in [2.05, 4.69) is 61.6 Å². The molecule has 1 unspecified atom stereocenters. The third kappa shape index (κ3) is 6.08. The number of β-amino-alcohol motifs (C(OH)–C–C–N with tert-alkyl or cyclic N) is 1. The van der Waals surface area contributed by atoms with Crippen LogP contribution in [0.25, 0.3) is 28.2 Å². The Morgan fingerprint density at radius 3 is 2.31 bits per heavy atom. The fourth-order valence-electron chi connectivity index (χ4n) is 5.63. The van der Waals surface area contributed by atoms with Crippen LogP contribution in [0.2, 0.25) is 5.02 Å². The minimum absolute atomic E-state index is 0. The summed E-state index contributed by atoms with van der Waals surface area (Å²) < 4.78 is 2.07. The molecule has 1 saturated heterocycles. The second-order valence-corrected chi connectivity index (χ2v) is 11.0. The number of aliphatic hydroxyl groups excluding tert-OH is 1. The summed E-state index contributed by atoms with van der Waals surface area (Å²) in [6, 6.07) is 26.3. The zero-order valence-electron chi connectivity index (χ0n) is 23.8. The van der Waals surface area contributed by atoms with E-state index in [1.165, 1.54) is 5.69 Å². The molecule has 0 aliphatic carbocycles. The van der Waals surface area contributed by atoms with Gasteiger partial charge in [0.05, 0.1) is 6.10 Å². The van der Waals surface area contributed by atoms with E-state index >= 15 is 0 Å². The number of rotatable bonds is 8. The summed E-state index contributed by atoms with van der Waals surface area (Å²) in [6.45, 7) is 6.65. The van der Waals surface area contributed by atoms with E-state index in [9.17, 15) is 5.11 Å².